The minimum Gasteiger partial charge on any atom is -0.494 e. The van der Waals surface area contributed by atoms with Crippen molar-refractivity contribution in [3.63, 3.8) is 0 Å². The number of halogens is 1. The first-order valence-electron chi connectivity index (χ1n) is 6.20. The van der Waals surface area contributed by atoms with Crippen molar-refractivity contribution in [1.29, 1.82) is 0 Å². The third-order valence-electron chi connectivity index (χ3n) is 2.57. The molecule has 0 aliphatic heterocycles. The zero-order chi connectivity index (χ0) is 14.5. The minimum absolute atomic E-state index is 0.0529. The van der Waals surface area contributed by atoms with Gasteiger partial charge in [0.1, 0.15) is 15.6 Å². The van der Waals surface area contributed by atoms with E-state index in [0.717, 1.165) is 15.8 Å². The molecule has 0 saturated carbocycles. The van der Waals surface area contributed by atoms with Crippen LogP contribution in [0.4, 0.5) is 0 Å². The van der Waals surface area contributed by atoms with Crippen LogP contribution in [0, 0.1) is 0 Å². The van der Waals surface area contributed by atoms with Crippen LogP contribution in [-0.2, 0) is 9.84 Å². The highest BCUT2D eigenvalue weighted by atomic mass is 79.9. The molecule has 0 spiro atoms. The quantitative estimate of drug-likeness (QED) is 0.821. The number of nitrogens with one attached hydrogen (secondary N) is 1. The lowest BCUT2D eigenvalue weighted by Gasteiger charge is -2.20. The summed E-state index contributed by atoms with van der Waals surface area (Å²) >= 11 is 3.41. The van der Waals surface area contributed by atoms with Crippen molar-refractivity contribution in [3.05, 3.63) is 28.2 Å². The fourth-order valence-corrected chi connectivity index (χ4v) is 3.17. The van der Waals surface area contributed by atoms with Crippen LogP contribution >= 0.6 is 15.9 Å². The minimum atomic E-state index is -3.07. The van der Waals surface area contributed by atoms with Gasteiger partial charge in [0.05, 0.1) is 12.4 Å². The Hall–Kier alpha value is -0.590. The SMILES string of the molecule is CCNC(CS(C)(=O)=O)c1cc(Br)ccc1OCC. The van der Waals surface area contributed by atoms with E-state index in [4.69, 9.17) is 4.74 Å². The van der Waals surface area contributed by atoms with E-state index in [-0.39, 0.29) is 11.8 Å². The Kier molecular flexibility index (Phi) is 6.29. The molecule has 0 aromatic heterocycles. The molecule has 0 heterocycles. The number of benzene rings is 1. The van der Waals surface area contributed by atoms with Gasteiger partial charge in [-0.3, -0.25) is 0 Å². The molecule has 1 atom stereocenters. The zero-order valence-electron chi connectivity index (χ0n) is 11.4. The smallest absolute Gasteiger partial charge is 0.149 e. The van der Waals surface area contributed by atoms with E-state index in [1.54, 1.807) is 0 Å². The molecular weight excluding hydrogens is 330 g/mol. The van der Waals surface area contributed by atoms with Crippen molar-refractivity contribution >= 4 is 25.8 Å². The summed E-state index contributed by atoms with van der Waals surface area (Å²) in [6.45, 7) is 5.10. The van der Waals surface area contributed by atoms with Gasteiger partial charge in [0.2, 0.25) is 0 Å². The molecule has 1 aromatic rings. The molecule has 0 amide bonds. The highest BCUT2D eigenvalue weighted by Crippen LogP contribution is 2.29. The Morgan fingerprint density at radius 1 is 1.37 bits per heavy atom. The fraction of sp³-hybridized carbons (Fsp3) is 0.538. The number of rotatable bonds is 7. The molecule has 4 nitrogen and oxygen atoms in total. The second-order valence-electron chi connectivity index (χ2n) is 4.32. The van der Waals surface area contributed by atoms with Crippen LogP contribution in [0.5, 0.6) is 5.75 Å². The van der Waals surface area contributed by atoms with Crippen LogP contribution in [-0.4, -0.2) is 33.6 Å². The Morgan fingerprint density at radius 3 is 2.58 bits per heavy atom. The standard InChI is InChI=1S/C13H20BrNO3S/c1-4-15-12(9-19(3,16)17)11-8-10(14)6-7-13(11)18-5-2/h6-8,12,15H,4-5,9H2,1-3H3. The van der Waals surface area contributed by atoms with E-state index in [9.17, 15) is 8.42 Å². The highest BCUT2D eigenvalue weighted by Gasteiger charge is 2.20. The maximum Gasteiger partial charge on any atom is 0.149 e. The summed E-state index contributed by atoms with van der Waals surface area (Å²) in [7, 11) is -3.07. The molecule has 1 N–H and O–H groups in total. The van der Waals surface area contributed by atoms with Crippen LogP contribution in [0.25, 0.3) is 0 Å². The Labute approximate surface area is 123 Å². The summed E-state index contributed by atoms with van der Waals surface area (Å²) in [5, 5.41) is 3.20. The lowest BCUT2D eigenvalue weighted by molar-refractivity contribution is 0.332. The van der Waals surface area contributed by atoms with Gasteiger partial charge in [-0.05, 0) is 31.7 Å². The van der Waals surface area contributed by atoms with Crippen LogP contribution in [0.15, 0.2) is 22.7 Å². The molecule has 1 rings (SSSR count). The molecule has 108 valence electrons. The van der Waals surface area contributed by atoms with E-state index < -0.39 is 9.84 Å². The van der Waals surface area contributed by atoms with Crippen molar-refractivity contribution in [3.8, 4) is 5.75 Å². The molecule has 6 heteroatoms. The van der Waals surface area contributed by atoms with Gasteiger partial charge in [0.25, 0.3) is 0 Å². The maximum absolute atomic E-state index is 11.6. The summed E-state index contributed by atoms with van der Waals surface area (Å²) < 4.78 is 29.6. The predicted molar refractivity (Wildman–Crippen MR) is 81.4 cm³/mol. The van der Waals surface area contributed by atoms with E-state index in [1.807, 2.05) is 32.0 Å². The van der Waals surface area contributed by atoms with Gasteiger partial charge in [-0.25, -0.2) is 8.42 Å². The maximum atomic E-state index is 11.6. The molecule has 0 aliphatic carbocycles. The average Bonchev–Trinajstić information content (AvgIpc) is 2.29. The molecule has 19 heavy (non-hydrogen) atoms. The molecule has 0 radical (unpaired) electrons. The van der Waals surface area contributed by atoms with E-state index >= 15 is 0 Å². The topological polar surface area (TPSA) is 55.4 Å². The van der Waals surface area contributed by atoms with Crippen molar-refractivity contribution in [2.24, 2.45) is 0 Å². The van der Waals surface area contributed by atoms with E-state index in [2.05, 4.69) is 21.2 Å². The van der Waals surface area contributed by atoms with Crippen molar-refractivity contribution < 1.29 is 13.2 Å². The van der Waals surface area contributed by atoms with Gasteiger partial charge < -0.3 is 10.1 Å². The second kappa shape index (κ2) is 7.26. The van der Waals surface area contributed by atoms with Crippen molar-refractivity contribution in [2.75, 3.05) is 25.2 Å². The Morgan fingerprint density at radius 2 is 2.05 bits per heavy atom. The lowest BCUT2D eigenvalue weighted by atomic mass is 10.1. The molecule has 0 saturated heterocycles. The number of hydrogen-bond acceptors (Lipinski definition) is 4. The molecule has 0 fully saturated rings. The predicted octanol–water partition coefficient (Wildman–Crippen LogP) is 2.54. The third-order valence-corrected chi connectivity index (χ3v) is 4.00. The van der Waals surface area contributed by atoms with Crippen LogP contribution < -0.4 is 10.1 Å². The van der Waals surface area contributed by atoms with Crippen molar-refractivity contribution in [2.45, 2.75) is 19.9 Å². The highest BCUT2D eigenvalue weighted by molar-refractivity contribution is 9.10. The fourth-order valence-electron chi connectivity index (χ4n) is 1.89. The summed E-state index contributed by atoms with van der Waals surface area (Å²) in [5.74, 6) is 0.775. The molecule has 1 aromatic carbocycles. The first kappa shape index (κ1) is 16.5. The zero-order valence-corrected chi connectivity index (χ0v) is 13.8. The first-order valence-corrected chi connectivity index (χ1v) is 9.06. The monoisotopic (exact) mass is 349 g/mol. The second-order valence-corrected chi connectivity index (χ2v) is 7.42. The van der Waals surface area contributed by atoms with Crippen LogP contribution in [0.3, 0.4) is 0 Å². The van der Waals surface area contributed by atoms with Gasteiger partial charge in [-0.1, -0.05) is 22.9 Å². The molecule has 1 unspecified atom stereocenters. The van der Waals surface area contributed by atoms with E-state index in [0.29, 0.717) is 13.2 Å². The Balaban J connectivity index is 3.16. The van der Waals surface area contributed by atoms with Crippen LogP contribution in [0.2, 0.25) is 0 Å². The van der Waals surface area contributed by atoms with Crippen molar-refractivity contribution in [1.82, 2.24) is 5.32 Å². The van der Waals surface area contributed by atoms with E-state index in [1.165, 1.54) is 6.26 Å². The van der Waals surface area contributed by atoms with Gasteiger partial charge in [0, 0.05) is 22.3 Å². The molecule has 0 bridgehead atoms. The number of sulfone groups is 1. The van der Waals surface area contributed by atoms with Gasteiger partial charge in [0.15, 0.2) is 0 Å². The summed E-state index contributed by atoms with van der Waals surface area (Å²) in [5.41, 5.74) is 0.864. The number of hydrogen-bond donors (Lipinski definition) is 1. The lowest BCUT2D eigenvalue weighted by Crippen LogP contribution is -2.28. The molecular formula is C13H20BrNO3S. The summed E-state index contributed by atoms with van der Waals surface area (Å²) in [6.07, 6.45) is 1.25. The summed E-state index contributed by atoms with van der Waals surface area (Å²) in [6, 6.07) is 5.39. The summed E-state index contributed by atoms with van der Waals surface area (Å²) in [4.78, 5) is 0. The van der Waals surface area contributed by atoms with Gasteiger partial charge in [-0.15, -0.1) is 0 Å². The first-order chi connectivity index (χ1) is 8.87. The molecule has 0 aliphatic rings. The van der Waals surface area contributed by atoms with Gasteiger partial charge >= 0.3 is 0 Å². The van der Waals surface area contributed by atoms with Gasteiger partial charge in [-0.2, -0.15) is 0 Å². The largest absolute Gasteiger partial charge is 0.494 e. The Bertz CT molecular complexity index is 517. The number of ether oxygens (including phenoxy) is 1. The van der Waals surface area contributed by atoms with Crippen LogP contribution in [0.1, 0.15) is 25.5 Å². The third kappa shape index (κ3) is 5.50. The average molecular weight is 350 g/mol. The normalized spacial score (nSPS) is 13.3.